The number of aryl methyl sites for hydroxylation is 1. The summed E-state index contributed by atoms with van der Waals surface area (Å²) in [5.74, 6) is 0. The standard InChI is InChI=1S/C12H10BrClN2O2S/c1-7-2-10(13)11(4-12(7)16(17)18)15-5-9-3-8(14)6-19-9/h2-4,6,15H,5H2,1H3. The van der Waals surface area contributed by atoms with Gasteiger partial charge in [-0.15, -0.1) is 11.3 Å². The van der Waals surface area contributed by atoms with Gasteiger partial charge in [0.2, 0.25) is 0 Å². The van der Waals surface area contributed by atoms with Crippen LogP contribution in [0.1, 0.15) is 10.4 Å². The lowest BCUT2D eigenvalue weighted by Gasteiger charge is -2.08. The Hall–Kier alpha value is -1.11. The van der Waals surface area contributed by atoms with Crippen LogP contribution in [0.15, 0.2) is 28.1 Å². The van der Waals surface area contributed by atoms with Crippen LogP contribution in [0, 0.1) is 17.0 Å². The summed E-state index contributed by atoms with van der Waals surface area (Å²) < 4.78 is 0.804. The van der Waals surface area contributed by atoms with E-state index in [-0.39, 0.29) is 10.6 Å². The fourth-order valence-corrected chi connectivity index (χ4v) is 3.23. The molecule has 0 atom stereocenters. The summed E-state index contributed by atoms with van der Waals surface area (Å²) in [7, 11) is 0. The zero-order chi connectivity index (χ0) is 14.0. The fourth-order valence-electron chi connectivity index (χ4n) is 1.62. The van der Waals surface area contributed by atoms with Crippen LogP contribution in [0.25, 0.3) is 0 Å². The molecular weight excluding hydrogens is 352 g/mol. The first kappa shape index (κ1) is 14.3. The highest BCUT2D eigenvalue weighted by Gasteiger charge is 2.14. The summed E-state index contributed by atoms with van der Waals surface area (Å²) in [5, 5.41) is 16.6. The molecule has 4 nitrogen and oxygen atoms in total. The monoisotopic (exact) mass is 360 g/mol. The summed E-state index contributed by atoms with van der Waals surface area (Å²) in [6.07, 6.45) is 0. The highest BCUT2D eigenvalue weighted by Crippen LogP contribution is 2.31. The Balaban J connectivity index is 2.20. The molecule has 0 unspecified atom stereocenters. The van der Waals surface area contributed by atoms with E-state index < -0.39 is 0 Å². The molecule has 0 aliphatic rings. The van der Waals surface area contributed by atoms with Crippen LogP contribution in [0.5, 0.6) is 0 Å². The minimum Gasteiger partial charge on any atom is -0.379 e. The summed E-state index contributed by atoms with van der Waals surface area (Å²) in [4.78, 5) is 11.6. The van der Waals surface area contributed by atoms with Crippen molar-refractivity contribution in [1.29, 1.82) is 0 Å². The maximum atomic E-state index is 10.9. The Morgan fingerprint density at radius 1 is 1.47 bits per heavy atom. The molecule has 0 saturated carbocycles. The van der Waals surface area contributed by atoms with Crippen molar-refractivity contribution in [3.8, 4) is 0 Å². The summed E-state index contributed by atoms with van der Waals surface area (Å²) in [6, 6.07) is 5.15. The first-order valence-electron chi connectivity index (χ1n) is 5.38. The summed E-state index contributed by atoms with van der Waals surface area (Å²) in [5.41, 5.74) is 1.43. The van der Waals surface area contributed by atoms with Crippen LogP contribution in [0.2, 0.25) is 5.02 Å². The van der Waals surface area contributed by atoms with E-state index in [0.29, 0.717) is 22.8 Å². The maximum absolute atomic E-state index is 10.9. The van der Waals surface area contributed by atoms with Crippen molar-refractivity contribution in [2.24, 2.45) is 0 Å². The first-order valence-corrected chi connectivity index (χ1v) is 7.43. The molecule has 0 amide bonds. The lowest BCUT2D eigenvalue weighted by atomic mass is 10.2. The molecule has 0 aliphatic heterocycles. The molecule has 1 N–H and O–H groups in total. The normalized spacial score (nSPS) is 10.5. The molecule has 0 bridgehead atoms. The lowest BCUT2D eigenvalue weighted by molar-refractivity contribution is -0.385. The predicted molar refractivity (Wildman–Crippen MR) is 82.2 cm³/mol. The van der Waals surface area contributed by atoms with E-state index in [0.717, 1.165) is 9.35 Å². The molecule has 0 spiro atoms. The third-order valence-corrected chi connectivity index (χ3v) is 4.50. The van der Waals surface area contributed by atoms with Gasteiger partial charge >= 0.3 is 0 Å². The van der Waals surface area contributed by atoms with Crippen LogP contribution in [0.3, 0.4) is 0 Å². The average molecular weight is 362 g/mol. The van der Waals surface area contributed by atoms with Gasteiger partial charge in [0, 0.05) is 32.9 Å². The minimum atomic E-state index is -0.380. The molecule has 0 radical (unpaired) electrons. The van der Waals surface area contributed by atoms with Crippen molar-refractivity contribution in [3.63, 3.8) is 0 Å². The molecule has 0 saturated heterocycles. The summed E-state index contributed by atoms with van der Waals surface area (Å²) >= 11 is 10.8. The zero-order valence-electron chi connectivity index (χ0n) is 9.94. The van der Waals surface area contributed by atoms with Gasteiger partial charge in [0.05, 0.1) is 15.6 Å². The van der Waals surface area contributed by atoms with Gasteiger partial charge in [-0.2, -0.15) is 0 Å². The van der Waals surface area contributed by atoms with Crippen molar-refractivity contribution in [1.82, 2.24) is 0 Å². The number of anilines is 1. The number of hydrogen-bond donors (Lipinski definition) is 1. The number of thiophene rings is 1. The van der Waals surface area contributed by atoms with E-state index in [9.17, 15) is 10.1 Å². The molecule has 19 heavy (non-hydrogen) atoms. The van der Waals surface area contributed by atoms with E-state index in [4.69, 9.17) is 11.6 Å². The molecule has 1 aromatic heterocycles. The molecule has 0 aliphatic carbocycles. The van der Waals surface area contributed by atoms with Crippen LogP contribution < -0.4 is 5.32 Å². The van der Waals surface area contributed by atoms with Gasteiger partial charge in [-0.25, -0.2) is 0 Å². The van der Waals surface area contributed by atoms with Gasteiger partial charge in [0.1, 0.15) is 0 Å². The number of benzene rings is 1. The van der Waals surface area contributed by atoms with Crippen LogP contribution in [-0.4, -0.2) is 4.92 Å². The Morgan fingerprint density at radius 3 is 2.79 bits per heavy atom. The second-order valence-corrected chi connectivity index (χ2v) is 6.25. The topological polar surface area (TPSA) is 55.2 Å². The highest BCUT2D eigenvalue weighted by atomic mass is 79.9. The lowest BCUT2D eigenvalue weighted by Crippen LogP contribution is -2.00. The minimum absolute atomic E-state index is 0.106. The Bertz CT molecular complexity index is 630. The highest BCUT2D eigenvalue weighted by molar-refractivity contribution is 9.10. The molecule has 2 rings (SSSR count). The van der Waals surface area contributed by atoms with Crippen LogP contribution in [0.4, 0.5) is 11.4 Å². The van der Waals surface area contributed by atoms with E-state index in [1.807, 2.05) is 11.4 Å². The Kier molecular flexibility index (Phi) is 4.44. The second kappa shape index (κ2) is 5.90. The average Bonchev–Trinajstić information content (AvgIpc) is 2.73. The number of halogens is 2. The van der Waals surface area contributed by atoms with Crippen molar-refractivity contribution < 1.29 is 4.92 Å². The molecule has 1 heterocycles. The van der Waals surface area contributed by atoms with Gasteiger partial charge in [-0.3, -0.25) is 10.1 Å². The fraction of sp³-hybridized carbons (Fsp3) is 0.167. The van der Waals surface area contributed by atoms with Gasteiger partial charge in [0.25, 0.3) is 5.69 Å². The molecule has 0 fully saturated rings. The number of nitrogens with one attached hydrogen (secondary N) is 1. The van der Waals surface area contributed by atoms with Crippen LogP contribution >= 0.6 is 38.9 Å². The first-order chi connectivity index (χ1) is 8.97. The SMILES string of the molecule is Cc1cc(Br)c(NCc2cc(Cl)cs2)cc1[N+](=O)[O-]. The number of nitro benzene ring substituents is 1. The number of nitrogens with zero attached hydrogens (tertiary/aromatic N) is 1. The van der Waals surface area contributed by atoms with Crippen molar-refractivity contribution in [2.45, 2.75) is 13.5 Å². The molecule has 100 valence electrons. The second-order valence-electron chi connectivity index (χ2n) is 3.96. The van der Waals surface area contributed by atoms with E-state index >= 15 is 0 Å². The molecule has 1 aromatic carbocycles. The zero-order valence-corrected chi connectivity index (χ0v) is 13.1. The number of nitro groups is 1. The van der Waals surface area contributed by atoms with Crippen molar-refractivity contribution >= 4 is 50.2 Å². The predicted octanol–water partition coefficient (Wildman–Crippen LogP) is 4.99. The molecule has 7 heteroatoms. The number of hydrogen-bond acceptors (Lipinski definition) is 4. The van der Waals surface area contributed by atoms with Gasteiger partial charge < -0.3 is 5.32 Å². The largest absolute Gasteiger partial charge is 0.379 e. The van der Waals surface area contributed by atoms with Crippen molar-refractivity contribution in [3.05, 3.63) is 53.6 Å². The quantitative estimate of drug-likeness (QED) is 0.616. The third kappa shape index (κ3) is 3.46. The van der Waals surface area contributed by atoms with Crippen LogP contribution in [-0.2, 0) is 6.54 Å². The Morgan fingerprint density at radius 2 is 2.21 bits per heavy atom. The van der Waals surface area contributed by atoms with Crippen molar-refractivity contribution in [2.75, 3.05) is 5.32 Å². The van der Waals surface area contributed by atoms with Gasteiger partial charge in [0.15, 0.2) is 0 Å². The molecule has 2 aromatic rings. The van der Waals surface area contributed by atoms with Gasteiger partial charge in [-0.05, 0) is 35.0 Å². The Labute approximate surface area is 127 Å². The van der Waals surface area contributed by atoms with E-state index in [2.05, 4.69) is 21.2 Å². The third-order valence-electron chi connectivity index (χ3n) is 2.56. The maximum Gasteiger partial charge on any atom is 0.274 e. The summed E-state index contributed by atoms with van der Waals surface area (Å²) in [6.45, 7) is 2.29. The number of rotatable bonds is 4. The van der Waals surface area contributed by atoms with E-state index in [1.165, 1.54) is 6.07 Å². The van der Waals surface area contributed by atoms with Gasteiger partial charge in [-0.1, -0.05) is 11.6 Å². The molecular formula is C12H10BrClN2O2S. The smallest absolute Gasteiger partial charge is 0.274 e. The van der Waals surface area contributed by atoms with E-state index in [1.54, 1.807) is 24.3 Å².